The van der Waals surface area contributed by atoms with E-state index in [4.69, 9.17) is 15.0 Å². The van der Waals surface area contributed by atoms with Crippen molar-refractivity contribution in [3.63, 3.8) is 0 Å². The Bertz CT molecular complexity index is 4150. The van der Waals surface area contributed by atoms with Crippen LogP contribution in [0.5, 0.6) is 0 Å². The van der Waals surface area contributed by atoms with Crippen molar-refractivity contribution in [2.24, 2.45) is 0 Å². The topological polar surface area (TPSA) is 52.4 Å². The first-order valence-electron chi connectivity index (χ1n) is 20.0. The zero-order chi connectivity index (χ0) is 38.3. The lowest BCUT2D eigenvalue weighted by molar-refractivity contribution is 0.982. The van der Waals surface area contributed by atoms with Crippen LogP contribution in [0.2, 0.25) is 0 Å². The smallest absolute Gasteiger partial charge is 0.221 e. The highest BCUT2D eigenvalue weighted by Crippen LogP contribution is 2.44. The Kier molecular flexibility index (Phi) is 5.93. The highest BCUT2D eigenvalue weighted by molar-refractivity contribution is 6.25. The maximum Gasteiger partial charge on any atom is 0.221 e. The van der Waals surface area contributed by atoms with Gasteiger partial charge in [0.2, 0.25) is 5.95 Å². The second kappa shape index (κ2) is 11.3. The number of benzene rings is 9. The van der Waals surface area contributed by atoms with Crippen molar-refractivity contribution < 1.29 is 0 Å². The number of imidazole rings is 2. The van der Waals surface area contributed by atoms with Gasteiger partial charge in [0.05, 0.1) is 44.1 Å². The van der Waals surface area contributed by atoms with Gasteiger partial charge in [-0.15, -0.1) is 0 Å². The summed E-state index contributed by atoms with van der Waals surface area (Å²) in [7, 11) is 0. The van der Waals surface area contributed by atoms with E-state index in [2.05, 4.69) is 195 Å². The van der Waals surface area contributed by atoms with Crippen LogP contribution in [-0.2, 0) is 0 Å². The van der Waals surface area contributed by atoms with Crippen LogP contribution in [0.1, 0.15) is 0 Å². The van der Waals surface area contributed by atoms with Crippen LogP contribution >= 0.6 is 0 Å². The predicted molar refractivity (Wildman–Crippen MR) is 244 cm³/mol. The fourth-order valence-corrected chi connectivity index (χ4v) is 10.0. The second-order valence-electron chi connectivity index (χ2n) is 15.6. The van der Waals surface area contributed by atoms with Gasteiger partial charge in [-0.1, -0.05) is 121 Å². The molecular formula is C53H30N6. The van der Waals surface area contributed by atoms with Gasteiger partial charge in [-0.05, 0) is 87.9 Å². The molecule has 6 heteroatoms. The SMILES string of the molecule is c1ccc2c(c1)ccc1c2c2ccc(-c3cc4c5ccccc5n(-c5nc6ccccc6c6nc7ccccc7n56)c4c4ccccc34)cc2n2c3ccccc3nc12. The lowest BCUT2D eigenvalue weighted by Crippen LogP contribution is -2.06. The Morgan fingerprint density at radius 2 is 0.932 bits per heavy atom. The number of pyridine rings is 1. The number of rotatable bonds is 2. The Hall–Kier alpha value is -8.09. The minimum absolute atomic E-state index is 0.815. The van der Waals surface area contributed by atoms with Gasteiger partial charge in [0.25, 0.3) is 0 Å². The summed E-state index contributed by atoms with van der Waals surface area (Å²) in [5.41, 5.74) is 12.5. The van der Waals surface area contributed by atoms with Gasteiger partial charge >= 0.3 is 0 Å². The van der Waals surface area contributed by atoms with E-state index in [-0.39, 0.29) is 0 Å². The molecule has 0 aliphatic carbocycles. The molecule has 0 aliphatic rings. The average Bonchev–Trinajstić information content (AvgIpc) is 3.99. The van der Waals surface area contributed by atoms with Crippen molar-refractivity contribution in [3.8, 4) is 17.1 Å². The maximum absolute atomic E-state index is 5.46. The first-order chi connectivity index (χ1) is 29.3. The fourth-order valence-electron chi connectivity index (χ4n) is 10.0. The third-order valence-electron chi connectivity index (χ3n) is 12.6. The molecule has 0 fully saturated rings. The Labute approximate surface area is 335 Å². The van der Waals surface area contributed by atoms with Gasteiger partial charge in [0.1, 0.15) is 11.3 Å². The summed E-state index contributed by atoms with van der Waals surface area (Å²) in [5, 5.41) is 11.8. The van der Waals surface area contributed by atoms with Crippen molar-refractivity contribution in [1.29, 1.82) is 0 Å². The van der Waals surface area contributed by atoms with Gasteiger partial charge in [0, 0.05) is 37.7 Å². The van der Waals surface area contributed by atoms with E-state index < -0.39 is 0 Å². The van der Waals surface area contributed by atoms with Crippen molar-refractivity contribution >= 4 is 109 Å². The summed E-state index contributed by atoms with van der Waals surface area (Å²) in [4.78, 5) is 15.9. The van der Waals surface area contributed by atoms with E-state index >= 15 is 0 Å². The molecule has 0 N–H and O–H groups in total. The predicted octanol–water partition coefficient (Wildman–Crippen LogP) is 13.2. The van der Waals surface area contributed by atoms with Gasteiger partial charge in [-0.25, -0.2) is 15.0 Å². The number of para-hydroxylation sites is 6. The van der Waals surface area contributed by atoms with Crippen molar-refractivity contribution in [2.75, 3.05) is 0 Å². The molecule has 9 aromatic carbocycles. The van der Waals surface area contributed by atoms with E-state index in [1.165, 1.54) is 43.3 Å². The van der Waals surface area contributed by atoms with Crippen molar-refractivity contribution in [2.45, 2.75) is 0 Å². The molecule has 0 unspecified atom stereocenters. The number of nitrogens with zero attached hydrogens (tertiary/aromatic N) is 6. The van der Waals surface area contributed by atoms with Crippen LogP contribution in [0.15, 0.2) is 182 Å². The first-order valence-corrected chi connectivity index (χ1v) is 20.0. The molecule has 0 radical (unpaired) electrons. The minimum Gasteiger partial charge on any atom is -0.292 e. The van der Waals surface area contributed by atoms with E-state index in [1.54, 1.807) is 0 Å². The Morgan fingerprint density at radius 1 is 0.339 bits per heavy atom. The molecule has 0 saturated heterocycles. The molecule has 6 nitrogen and oxygen atoms in total. The zero-order valence-electron chi connectivity index (χ0n) is 31.5. The number of aromatic nitrogens is 6. The highest BCUT2D eigenvalue weighted by Gasteiger charge is 2.23. The second-order valence-corrected chi connectivity index (χ2v) is 15.6. The molecule has 5 aromatic heterocycles. The lowest BCUT2D eigenvalue weighted by Gasteiger charge is -2.16. The summed E-state index contributed by atoms with van der Waals surface area (Å²) in [6.45, 7) is 0. The number of fused-ring (bicyclic) bond motifs is 20. The third kappa shape index (κ3) is 4.06. The number of hydrogen-bond donors (Lipinski definition) is 0. The zero-order valence-corrected chi connectivity index (χ0v) is 31.5. The molecule has 0 amide bonds. The number of hydrogen-bond acceptors (Lipinski definition) is 3. The summed E-state index contributed by atoms with van der Waals surface area (Å²) in [6.07, 6.45) is 0. The van der Waals surface area contributed by atoms with Crippen molar-refractivity contribution in [3.05, 3.63) is 182 Å². The standard InChI is InChI=1S/C53H30N6/c1-2-14-33-31(13-1)25-28-39-49(33)38-27-26-32(29-48(38)57-46-23-11-8-20-43(46)55-52(39)57)40-30-41-35-16-6-10-22-45(35)58(50(41)36-17-4-3-15-34(36)40)53-56-42-19-7-5-18-37(42)51-54-44-21-9-12-24-47(44)59(51)53/h1-30H. The van der Waals surface area contributed by atoms with Crippen LogP contribution in [-0.4, -0.2) is 28.3 Å². The summed E-state index contributed by atoms with van der Waals surface area (Å²) in [5.74, 6) is 0.815. The fraction of sp³-hybridized carbons (Fsp3) is 0. The monoisotopic (exact) mass is 750 g/mol. The molecule has 272 valence electrons. The third-order valence-corrected chi connectivity index (χ3v) is 12.6. The molecule has 0 saturated carbocycles. The lowest BCUT2D eigenvalue weighted by atomic mass is 9.93. The molecule has 0 aliphatic heterocycles. The van der Waals surface area contributed by atoms with Crippen LogP contribution < -0.4 is 0 Å². The summed E-state index contributed by atoms with van der Waals surface area (Å²) in [6, 6.07) is 65.4. The first kappa shape index (κ1) is 31.0. The van der Waals surface area contributed by atoms with E-state index in [0.717, 1.165) is 83.1 Å². The molecule has 0 spiro atoms. The Morgan fingerprint density at radius 3 is 1.73 bits per heavy atom. The van der Waals surface area contributed by atoms with Gasteiger partial charge in [-0.3, -0.25) is 13.4 Å². The van der Waals surface area contributed by atoms with Gasteiger partial charge in [-0.2, -0.15) is 0 Å². The molecule has 14 rings (SSSR count). The maximum atomic E-state index is 5.46. The van der Waals surface area contributed by atoms with Gasteiger partial charge in [0.15, 0.2) is 0 Å². The molecule has 14 aromatic rings. The summed E-state index contributed by atoms with van der Waals surface area (Å²) < 4.78 is 6.97. The molecule has 0 bridgehead atoms. The Balaban J connectivity index is 1.13. The van der Waals surface area contributed by atoms with E-state index in [0.29, 0.717) is 0 Å². The molecule has 59 heavy (non-hydrogen) atoms. The van der Waals surface area contributed by atoms with Gasteiger partial charge < -0.3 is 0 Å². The molecular weight excluding hydrogens is 721 g/mol. The summed E-state index contributed by atoms with van der Waals surface area (Å²) >= 11 is 0. The van der Waals surface area contributed by atoms with Crippen LogP contribution in [0.4, 0.5) is 0 Å². The van der Waals surface area contributed by atoms with Crippen LogP contribution in [0, 0.1) is 0 Å². The largest absolute Gasteiger partial charge is 0.292 e. The van der Waals surface area contributed by atoms with Crippen LogP contribution in [0.3, 0.4) is 0 Å². The van der Waals surface area contributed by atoms with Crippen molar-refractivity contribution in [1.82, 2.24) is 28.3 Å². The van der Waals surface area contributed by atoms with E-state index in [1.807, 2.05) is 0 Å². The van der Waals surface area contributed by atoms with E-state index in [9.17, 15) is 0 Å². The average molecular weight is 751 g/mol. The normalized spacial score (nSPS) is 12.4. The minimum atomic E-state index is 0.815. The van der Waals surface area contributed by atoms with Crippen LogP contribution in [0.25, 0.3) is 126 Å². The quantitative estimate of drug-likeness (QED) is 0.165. The highest BCUT2D eigenvalue weighted by atomic mass is 15.2. The molecule has 0 atom stereocenters. The molecule has 5 heterocycles.